The third-order valence-electron chi connectivity index (χ3n) is 5.47. The molecule has 34 heavy (non-hydrogen) atoms. The lowest BCUT2D eigenvalue weighted by Crippen LogP contribution is -2.31. The topological polar surface area (TPSA) is 99.3 Å². The Morgan fingerprint density at radius 1 is 1.09 bits per heavy atom. The van der Waals surface area contributed by atoms with Crippen LogP contribution in [0.5, 0.6) is 5.75 Å². The van der Waals surface area contributed by atoms with Gasteiger partial charge < -0.3 is 19.1 Å². The number of nitrogens with zero attached hydrogens (tertiary/aromatic N) is 3. The Kier molecular flexibility index (Phi) is 6.27. The van der Waals surface area contributed by atoms with Gasteiger partial charge in [0.05, 0.1) is 7.11 Å². The zero-order valence-corrected chi connectivity index (χ0v) is 19.2. The molecule has 0 unspecified atom stereocenters. The third kappa shape index (κ3) is 4.59. The monoisotopic (exact) mass is 462 g/mol. The minimum Gasteiger partial charge on any atom is -0.497 e. The van der Waals surface area contributed by atoms with E-state index in [-0.39, 0.29) is 18.0 Å². The Labute approximate surface area is 195 Å². The molecule has 2 heterocycles. The number of aryl methyl sites for hydroxylation is 3. The normalized spacial score (nSPS) is 10.9. The molecule has 0 saturated carbocycles. The number of rotatable bonds is 6. The fourth-order valence-electron chi connectivity index (χ4n) is 3.63. The highest BCUT2D eigenvalue weighted by Gasteiger charge is 2.20. The summed E-state index contributed by atoms with van der Waals surface area (Å²) < 4.78 is 25.4. The molecule has 0 aliphatic carbocycles. The molecule has 2 aromatic carbocycles. The number of carbonyl (C=O) groups is 1. The second-order valence-electron chi connectivity index (χ2n) is 7.89. The summed E-state index contributed by atoms with van der Waals surface area (Å²) in [6.45, 7) is 5.00. The van der Waals surface area contributed by atoms with Crippen LogP contribution in [0.1, 0.15) is 16.8 Å². The van der Waals surface area contributed by atoms with Crippen molar-refractivity contribution < 1.29 is 18.4 Å². The van der Waals surface area contributed by atoms with Crippen LogP contribution < -0.4 is 15.6 Å². The lowest BCUT2D eigenvalue weighted by molar-refractivity contribution is -0.116. The molecule has 4 aromatic rings. The van der Waals surface area contributed by atoms with Crippen molar-refractivity contribution in [3.05, 3.63) is 81.5 Å². The lowest BCUT2D eigenvalue weighted by Gasteiger charge is -2.14. The van der Waals surface area contributed by atoms with Crippen molar-refractivity contribution in [2.24, 2.45) is 0 Å². The molecule has 2 aromatic heterocycles. The highest BCUT2D eigenvalue weighted by molar-refractivity contribution is 5.91. The Balaban J connectivity index is 1.64. The summed E-state index contributed by atoms with van der Waals surface area (Å²) >= 11 is 0. The number of hydrogen-bond donors (Lipinski definition) is 1. The molecule has 0 fully saturated rings. The number of methoxy groups -OCH3 is 1. The maximum atomic E-state index is 13.6. The molecule has 0 aliphatic rings. The van der Waals surface area contributed by atoms with Gasteiger partial charge in [0, 0.05) is 16.9 Å². The van der Waals surface area contributed by atoms with Crippen molar-refractivity contribution in [1.82, 2.24) is 14.7 Å². The zero-order chi connectivity index (χ0) is 24.4. The summed E-state index contributed by atoms with van der Waals surface area (Å²) in [4.78, 5) is 30.4. The summed E-state index contributed by atoms with van der Waals surface area (Å²) in [6, 6.07) is 13.0. The molecule has 0 saturated heterocycles. The predicted octanol–water partition coefficient (Wildman–Crippen LogP) is 4.28. The van der Waals surface area contributed by atoms with Crippen LogP contribution >= 0.6 is 0 Å². The molecule has 9 heteroatoms. The SMILES string of the molecule is COc1ccc(-c2noc(-c3c(C)cc(C)n(CC(=O)Nc4cc(F)ccc4C)c3=O)n2)cc1. The Morgan fingerprint density at radius 2 is 1.82 bits per heavy atom. The predicted molar refractivity (Wildman–Crippen MR) is 125 cm³/mol. The number of amides is 1. The van der Waals surface area contributed by atoms with Gasteiger partial charge >= 0.3 is 0 Å². The van der Waals surface area contributed by atoms with Crippen molar-refractivity contribution in [2.45, 2.75) is 27.3 Å². The van der Waals surface area contributed by atoms with E-state index in [4.69, 9.17) is 9.26 Å². The second kappa shape index (κ2) is 9.30. The number of aromatic nitrogens is 3. The first-order chi connectivity index (χ1) is 16.3. The van der Waals surface area contributed by atoms with Crippen molar-refractivity contribution in [2.75, 3.05) is 12.4 Å². The fourth-order valence-corrected chi connectivity index (χ4v) is 3.63. The van der Waals surface area contributed by atoms with Gasteiger partial charge in [0.1, 0.15) is 23.7 Å². The van der Waals surface area contributed by atoms with Gasteiger partial charge in [-0.2, -0.15) is 4.98 Å². The molecule has 0 aliphatic heterocycles. The quantitative estimate of drug-likeness (QED) is 0.459. The molecular weight excluding hydrogens is 439 g/mol. The largest absolute Gasteiger partial charge is 0.497 e. The van der Waals surface area contributed by atoms with E-state index in [1.165, 1.54) is 16.7 Å². The number of halogens is 1. The van der Waals surface area contributed by atoms with E-state index >= 15 is 0 Å². The van der Waals surface area contributed by atoms with E-state index in [0.717, 1.165) is 0 Å². The van der Waals surface area contributed by atoms with Crippen LogP contribution in [0.2, 0.25) is 0 Å². The lowest BCUT2D eigenvalue weighted by atomic mass is 10.1. The minimum absolute atomic E-state index is 0.0588. The van der Waals surface area contributed by atoms with E-state index in [1.807, 2.05) is 0 Å². The number of ether oxygens (including phenoxy) is 1. The summed E-state index contributed by atoms with van der Waals surface area (Å²) in [6.07, 6.45) is 0. The molecule has 1 N–H and O–H groups in total. The van der Waals surface area contributed by atoms with Crippen LogP contribution in [0.4, 0.5) is 10.1 Å². The van der Waals surface area contributed by atoms with Crippen LogP contribution in [0.3, 0.4) is 0 Å². The summed E-state index contributed by atoms with van der Waals surface area (Å²) in [5.74, 6) is 0.150. The van der Waals surface area contributed by atoms with E-state index in [2.05, 4.69) is 15.5 Å². The molecule has 174 valence electrons. The van der Waals surface area contributed by atoms with Crippen molar-refractivity contribution in [3.8, 4) is 28.6 Å². The Bertz CT molecular complexity index is 1420. The van der Waals surface area contributed by atoms with Gasteiger partial charge in [0.25, 0.3) is 11.4 Å². The van der Waals surface area contributed by atoms with Crippen molar-refractivity contribution >= 4 is 11.6 Å². The average Bonchev–Trinajstić information content (AvgIpc) is 3.28. The highest BCUT2D eigenvalue weighted by atomic mass is 19.1. The molecular formula is C25H23FN4O4. The minimum atomic E-state index is -0.462. The van der Waals surface area contributed by atoms with Crippen LogP contribution in [0.15, 0.2) is 57.8 Å². The van der Waals surface area contributed by atoms with Gasteiger partial charge in [-0.25, -0.2) is 4.39 Å². The smallest absolute Gasteiger partial charge is 0.264 e. The maximum absolute atomic E-state index is 13.6. The molecule has 0 radical (unpaired) electrons. The highest BCUT2D eigenvalue weighted by Crippen LogP contribution is 2.24. The van der Waals surface area contributed by atoms with Crippen LogP contribution in [-0.4, -0.2) is 27.7 Å². The molecule has 0 spiro atoms. The first kappa shape index (κ1) is 22.9. The van der Waals surface area contributed by atoms with Crippen molar-refractivity contribution in [1.29, 1.82) is 0 Å². The molecule has 1 amide bonds. The molecule has 0 bridgehead atoms. The maximum Gasteiger partial charge on any atom is 0.264 e. The standard InChI is InChI=1S/C25H23FN4O4/c1-14-5-8-18(26)12-20(14)27-21(31)13-30-16(3)11-15(2)22(25(30)32)24-28-23(29-34-24)17-6-9-19(33-4)10-7-17/h5-12H,13H2,1-4H3,(H,27,31). The molecule has 0 atom stereocenters. The third-order valence-corrected chi connectivity index (χ3v) is 5.47. The van der Waals surface area contributed by atoms with Crippen LogP contribution in [-0.2, 0) is 11.3 Å². The Hall–Kier alpha value is -4.27. The summed E-state index contributed by atoms with van der Waals surface area (Å²) in [5, 5.41) is 6.66. The van der Waals surface area contributed by atoms with E-state index < -0.39 is 17.3 Å². The first-order valence-corrected chi connectivity index (χ1v) is 10.5. The second-order valence-corrected chi connectivity index (χ2v) is 7.89. The van der Waals surface area contributed by atoms with Gasteiger partial charge in [-0.15, -0.1) is 0 Å². The number of anilines is 1. The number of benzene rings is 2. The van der Waals surface area contributed by atoms with E-state index in [9.17, 15) is 14.0 Å². The average molecular weight is 462 g/mol. The van der Waals surface area contributed by atoms with Gasteiger partial charge in [-0.1, -0.05) is 11.2 Å². The van der Waals surface area contributed by atoms with Crippen LogP contribution in [0, 0.1) is 26.6 Å². The Morgan fingerprint density at radius 3 is 2.53 bits per heavy atom. The number of hydrogen-bond acceptors (Lipinski definition) is 6. The van der Waals surface area contributed by atoms with Gasteiger partial charge in [0.2, 0.25) is 11.7 Å². The van der Waals surface area contributed by atoms with Crippen molar-refractivity contribution in [3.63, 3.8) is 0 Å². The van der Waals surface area contributed by atoms with Gasteiger partial charge in [-0.05, 0) is 74.4 Å². The summed E-state index contributed by atoms with van der Waals surface area (Å²) in [5.41, 5.74) is 2.77. The molecule has 4 rings (SSSR count). The van der Waals surface area contributed by atoms with E-state index in [0.29, 0.717) is 39.6 Å². The van der Waals surface area contributed by atoms with Gasteiger partial charge in [-0.3, -0.25) is 9.59 Å². The molecule has 8 nitrogen and oxygen atoms in total. The number of pyridine rings is 1. The van der Waals surface area contributed by atoms with Gasteiger partial charge in [0.15, 0.2) is 0 Å². The van der Waals surface area contributed by atoms with E-state index in [1.54, 1.807) is 64.3 Å². The van der Waals surface area contributed by atoms with Crippen LogP contribution in [0.25, 0.3) is 22.8 Å². The summed E-state index contributed by atoms with van der Waals surface area (Å²) in [7, 11) is 1.58. The first-order valence-electron chi connectivity index (χ1n) is 10.5. The number of carbonyl (C=O) groups excluding carboxylic acids is 1. The zero-order valence-electron chi connectivity index (χ0n) is 19.2. The number of nitrogens with one attached hydrogen (secondary N) is 1. The fraction of sp³-hybridized carbons (Fsp3) is 0.200.